The Hall–Kier alpha value is -0.420. The van der Waals surface area contributed by atoms with Crippen molar-refractivity contribution >= 4 is 33.2 Å². The lowest BCUT2D eigenvalue weighted by atomic mass is 10.1. The Bertz CT molecular complexity index is 300. The Labute approximate surface area is 102 Å². The second-order valence-corrected chi connectivity index (χ2v) is 5.82. The van der Waals surface area contributed by atoms with E-state index in [-0.39, 0.29) is 5.91 Å². The third kappa shape index (κ3) is 4.75. The summed E-state index contributed by atoms with van der Waals surface area (Å²) in [5.74, 6) is 0.537. The zero-order valence-electron chi connectivity index (χ0n) is 8.87. The first-order chi connectivity index (χ1) is 7.09. The van der Waals surface area contributed by atoms with Gasteiger partial charge in [-0.1, -0.05) is 29.8 Å². The molecule has 0 aliphatic rings. The second-order valence-electron chi connectivity index (χ2n) is 3.81. The molecule has 0 aromatic carbocycles. The van der Waals surface area contributed by atoms with Crippen molar-refractivity contribution in [1.82, 2.24) is 10.3 Å². The van der Waals surface area contributed by atoms with Crippen molar-refractivity contribution in [2.45, 2.75) is 25.1 Å². The van der Waals surface area contributed by atoms with E-state index in [9.17, 15) is 4.79 Å². The number of rotatable bonds is 5. The molecule has 84 valence electrons. The van der Waals surface area contributed by atoms with Crippen LogP contribution in [0, 0.1) is 5.92 Å². The van der Waals surface area contributed by atoms with Crippen LogP contribution in [0.15, 0.2) is 10.9 Å². The smallest absolute Gasteiger partial charge is 0.270 e. The molecule has 1 aromatic heterocycles. The van der Waals surface area contributed by atoms with E-state index in [4.69, 9.17) is 0 Å². The number of amides is 1. The molecule has 1 atom stereocenters. The summed E-state index contributed by atoms with van der Waals surface area (Å²) < 4.78 is 0. The van der Waals surface area contributed by atoms with Crippen molar-refractivity contribution in [3.8, 4) is 0 Å². The van der Waals surface area contributed by atoms with Gasteiger partial charge in [-0.05, 0) is 12.3 Å². The zero-order chi connectivity index (χ0) is 11.3. The molecule has 0 fully saturated rings. The van der Waals surface area contributed by atoms with Gasteiger partial charge in [-0.25, -0.2) is 4.98 Å². The van der Waals surface area contributed by atoms with Crippen LogP contribution < -0.4 is 5.32 Å². The SMILES string of the molecule is CC(C)CC(Br)CNC(=O)c1cscn1. The summed E-state index contributed by atoms with van der Waals surface area (Å²) in [6, 6.07) is 0. The van der Waals surface area contributed by atoms with E-state index in [0.29, 0.717) is 23.0 Å². The molecule has 0 bridgehead atoms. The third-order valence-electron chi connectivity index (χ3n) is 1.88. The van der Waals surface area contributed by atoms with Crippen LogP contribution in [-0.4, -0.2) is 22.3 Å². The quantitative estimate of drug-likeness (QED) is 0.847. The van der Waals surface area contributed by atoms with Crippen LogP contribution in [0.5, 0.6) is 0 Å². The van der Waals surface area contributed by atoms with Crippen LogP contribution in [0.4, 0.5) is 0 Å². The number of aromatic nitrogens is 1. The van der Waals surface area contributed by atoms with Gasteiger partial charge in [-0.15, -0.1) is 11.3 Å². The van der Waals surface area contributed by atoms with E-state index in [2.05, 4.69) is 40.1 Å². The molecule has 0 radical (unpaired) electrons. The maximum absolute atomic E-state index is 11.5. The van der Waals surface area contributed by atoms with Crippen LogP contribution in [0.1, 0.15) is 30.8 Å². The first-order valence-electron chi connectivity index (χ1n) is 4.90. The summed E-state index contributed by atoms with van der Waals surface area (Å²) in [4.78, 5) is 15.8. The standard InChI is InChI=1S/C10H15BrN2OS/c1-7(2)3-8(11)4-12-10(14)9-5-15-6-13-9/h5-8H,3-4H2,1-2H3,(H,12,14). The van der Waals surface area contributed by atoms with Crippen molar-refractivity contribution in [2.24, 2.45) is 5.92 Å². The van der Waals surface area contributed by atoms with Crippen LogP contribution >= 0.6 is 27.3 Å². The highest BCUT2D eigenvalue weighted by Gasteiger charge is 2.11. The zero-order valence-corrected chi connectivity index (χ0v) is 11.3. The molecular formula is C10H15BrN2OS. The maximum Gasteiger partial charge on any atom is 0.270 e. The topological polar surface area (TPSA) is 42.0 Å². The number of nitrogens with one attached hydrogen (secondary N) is 1. The second kappa shape index (κ2) is 6.23. The van der Waals surface area contributed by atoms with Gasteiger partial charge in [0, 0.05) is 16.8 Å². The Morgan fingerprint density at radius 2 is 2.40 bits per heavy atom. The molecule has 5 heteroatoms. The van der Waals surface area contributed by atoms with E-state index in [1.165, 1.54) is 11.3 Å². The molecule has 1 heterocycles. The summed E-state index contributed by atoms with van der Waals surface area (Å²) in [6.07, 6.45) is 1.05. The highest BCUT2D eigenvalue weighted by molar-refractivity contribution is 9.09. The highest BCUT2D eigenvalue weighted by Crippen LogP contribution is 2.11. The summed E-state index contributed by atoms with van der Waals surface area (Å²) >= 11 is 4.97. The van der Waals surface area contributed by atoms with Gasteiger partial charge in [0.15, 0.2) is 0 Å². The van der Waals surface area contributed by atoms with Gasteiger partial charge in [0.05, 0.1) is 5.51 Å². The van der Waals surface area contributed by atoms with Crippen molar-refractivity contribution in [3.05, 3.63) is 16.6 Å². The lowest BCUT2D eigenvalue weighted by Crippen LogP contribution is -2.30. The molecule has 1 amide bonds. The summed E-state index contributed by atoms with van der Waals surface area (Å²) in [5.41, 5.74) is 2.17. The van der Waals surface area contributed by atoms with Crippen LogP contribution in [0.3, 0.4) is 0 Å². The highest BCUT2D eigenvalue weighted by atomic mass is 79.9. The summed E-state index contributed by atoms with van der Waals surface area (Å²) in [6.45, 7) is 4.97. The van der Waals surface area contributed by atoms with Gasteiger partial charge in [0.2, 0.25) is 0 Å². The monoisotopic (exact) mass is 290 g/mol. The molecule has 3 nitrogen and oxygen atoms in total. The molecule has 15 heavy (non-hydrogen) atoms. The summed E-state index contributed by atoms with van der Waals surface area (Å²) in [5, 5.41) is 4.60. The van der Waals surface area contributed by atoms with Gasteiger partial charge in [-0.3, -0.25) is 4.79 Å². The first-order valence-corrected chi connectivity index (χ1v) is 6.76. The van der Waals surface area contributed by atoms with Crippen molar-refractivity contribution in [1.29, 1.82) is 0 Å². The first kappa shape index (κ1) is 12.6. The van der Waals surface area contributed by atoms with E-state index < -0.39 is 0 Å². The number of alkyl halides is 1. The van der Waals surface area contributed by atoms with Gasteiger partial charge < -0.3 is 5.32 Å². The van der Waals surface area contributed by atoms with Gasteiger partial charge in [-0.2, -0.15) is 0 Å². The molecule has 0 saturated heterocycles. The molecule has 0 aliphatic heterocycles. The Morgan fingerprint density at radius 3 is 2.93 bits per heavy atom. The minimum atomic E-state index is -0.0931. The predicted molar refractivity (Wildman–Crippen MR) is 66.6 cm³/mol. The normalized spacial score (nSPS) is 12.8. The van der Waals surface area contributed by atoms with E-state index in [0.717, 1.165) is 6.42 Å². The van der Waals surface area contributed by atoms with Crippen LogP contribution in [-0.2, 0) is 0 Å². The Kier molecular flexibility index (Phi) is 5.25. The number of carbonyl (C=O) groups is 1. The molecular weight excluding hydrogens is 276 g/mol. The fourth-order valence-electron chi connectivity index (χ4n) is 1.21. The van der Waals surface area contributed by atoms with E-state index in [1.54, 1.807) is 10.9 Å². The fourth-order valence-corrected chi connectivity index (χ4v) is 2.66. The van der Waals surface area contributed by atoms with Crippen molar-refractivity contribution in [3.63, 3.8) is 0 Å². The minimum Gasteiger partial charge on any atom is -0.350 e. The van der Waals surface area contributed by atoms with Crippen LogP contribution in [0.25, 0.3) is 0 Å². The molecule has 0 aliphatic carbocycles. The average Bonchev–Trinajstić information content (AvgIpc) is 2.65. The molecule has 1 N–H and O–H groups in total. The molecule has 0 spiro atoms. The number of hydrogen-bond donors (Lipinski definition) is 1. The number of thiazole rings is 1. The fraction of sp³-hybridized carbons (Fsp3) is 0.600. The number of halogens is 1. The van der Waals surface area contributed by atoms with Crippen molar-refractivity contribution < 1.29 is 4.79 Å². The van der Waals surface area contributed by atoms with Crippen LogP contribution in [0.2, 0.25) is 0 Å². The average molecular weight is 291 g/mol. The Balaban J connectivity index is 2.28. The lowest BCUT2D eigenvalue weighted by Gasteiger charge is -2.12. The van der Waals surface area contributed by atoms with E-state index >= 15 is 0 Å². The molecule has 1 aromatic rings. The van der Waals surface area contributed by atoms with Gasteiger partial charge >= 0.3 is 0 Å². The van der Waals surface area contributed by atoms with Gasteiger partial charge in [0.1, 0.15) is 5.69 Å². The third-order valence-corrected chi connectivity index (χ3v) is 3.16. The molecule has 1 unspecified atom stereocenters. The molecule has 0 saturated carbocycles. The number of hydrogen-bond acceptors (Lipinski definition) is 3. The number of nitrogens with zero attached hydrogens (tertiary/aromatic N) is 1. The minimum absolute atomic E-state index is 0.0931. The largest absolute Gasteiger partial charge is 0.350 e. The van der Waals surface area contributed by atoms with Gasteiger partial charge in [0.25, 0.3) is 5.91 Å². The van der Waals surface area contributed by atoms with Crippen molar-refractivity contribution in [2.75, 3.05) is 6.54 Å². The Morgan fingerprint density at radius 1 is 1.67 bits per heavy atom. The predicted octanol–water partition coefficient (Wildman–Crippen LogP) is 2.68. The van der Waals surface area contributed by atoms with E-state index in [1.807, 2.05) is 0 Å². The number of carbonyl (C=O) groups excluding carboxylic acids is 1. The molecule has 1 rings (SSSR count). The summed E-state index contributed by atoms with van der Waals surface area (Å²) in [7, 11) is 0. The maximum atomic E-state index is 11.5. The lowest BCUT2D eigenvalue weighted by molar-refractivity contribution is 0.0949.